The van der Waals surface area contributed by atoms with E-state index in [0.29, 0.717) is 12.3 Å². The summed E-state index contributed by atoms with van der Waals surface area (Å²) in [6.45, 7) is 3.31. The summed E-state index contributed by atoms with van der Waals surface area (Å²) in [7, 11) is 0. The molecule has 0 spiro atoms. The minimum Gasteiger partial charge on any atom is -0.394 e. The first-order valence-electron chi connectivity index (χ1n) is 7.11. The van der Waals surface area contributed by atoms with Crippen molar-refractivity contribution in [1.82, 2.24) is 10.6 Å². The van der Waals surface area contributed by atoms with E-state index in [1.807, 2.05) is 0 Å². The van der Waals surface area contributed by atoms with E-state index in [2.05, 4.69) is 10.6 Å². The molecule has 0 radical (unpaired) electrons. The average molecular weight is 270 g/mol. The Morgan fingerprint density at radius 1 is 1.21 bits per heavy atom. The summed E-state index contributed by atoms with van der Waals surface area (Å²) in [4.78, 5) is 23.1. The molecule has 1 rings (SSSR count). The van der Waals surface area contributed by atoms with E-state index >= 15 is 0 Å². The van der Waals surface area contributed by atoms with Gasteiger partial charge in [-0.15, -0.1) is 0 Å². The highest BCUT2D eigenvalue weighted by Crippen LogP contribution is 2.28. The molecule has 0 aliphatic heterocycles. The molecule has 0 heterocycles. The van der Waals surface area contributed by atoms with Crippen LogP contribution >= 0.6 is 0 Å². The van der Waals surface area contributed by atoms with Crippen LogP contribution in [0.1, 0.15) is 52.4 Å². The normalized spacial score (nSPS) is 16.4. The Balaban J connectivity index is 2.13. The summed E-state index contributed by atoms with van der Waals surface area (Å²) in [6.07, 6.45) is 6.46. The van der Waals surface area contributed by atoms with E-state index in [-0.39, 0.29) is 25.0 Å². The summed E-state index contributed by atoms with van der Waals surface area (Å²) >= 11 is 0. The molecule has 0 unspecified atom stereocenters. The number of aliphatic hydroxyl groups is 1. The van der Waals surface area contributed by atoms with Gasteiger partial charge in [0.05, 0.1) is 18.7 Å². The third kappa shape index (κ3) is 6.57. The molecule has 0 aromatic carbocycles. The lowest BCUT2D eigenvalue weighted by Crippen LogP contribution is -2.49. The van der Waals surface area contributed by atoms with E-state index in [1.54, 1.807) is 13.8 Å². The van der Waals surface area contributed by atoms with Crippen molar-refractivity contribution in [3.63, 3.8) is 0 Å². The standard InChI is InChI=1S/C14H26N2O3/c1-14(2,10-17)16-13(19)9-15-12(18)8-7-11-5-3-4-6-11/h11,17H,3-10H2,1-2H3,(H,15,18)(H,16,19). The number of hydrogen-bond acceptors (Lipinski definition) is 3. The fraction of sp³-hybridized carbons (Fsp3) is 0.857. The zero-order valence-corrected chi connectivity index (χ0v) is 12.0. The molecule has 5 heteroatoms. The number of hydrogen-bond donors (Lipinski definition) is 3. The molecule has 3 N–H and O–H groups in total. The van der Waals surface area contributed by atoms with Crippen LogP contribution in [-0.2, 0) is 9.59 Å². The Labute approximate surface area is 115 Å². The van der Waals surface area contributed by atoms with Crippen LogP contribution in [0.2, 0.25) is 0 Å². The number of carbonyl (C=O) groups excluding carboxylic acids is 2. The lowest BCUT2D eigenvalue weighted by molar-refractivity contribution is -0.127. The van der Waals surface area contributed by atoms with Crippen LogP contribution in [0.5, 0.6) is 0 Å². The molecule has 1 aliphatic carbocycles. The first-order valence-corrected chi connectivity index (χ1v) is 7.11. The van der Waals surface area contributed by atoms with E-state index in [9.17, 15) is 9.59 Å². The quantitative estimate of drug-likeness (QED) is 0.645. The van der Waals surface area contributed by atoms with Crippen molar-refractivity contribution < 1.29 is 14.7 Å². The topological polar surface area (TPSA) is 78.4 Å². The average Bonchev–Trinajstić information content (AvgIpc) is 2.86. The second-order valence-electron chi connectivity index (χ2n) is 6.06. The van der Waals surface area contributed by atoms with E-state index in [1.165, 1.54) is 25.7 Å². The predicted octanol–water partition coefficient (Wildman–Crippen LogP) is 0.960. The maximum Gasteiger partial charge on any atom is 0.239 e. The van der Waals surface area contributed by atoms with Gasteiger partial charge >= 0.3 is 0 Å². The zero-order valence-electron chi connectivity index (χ0n) is 12.0. The van der Waals surface area contributed by atoms with Crippen LogP contribution in [0.15, 0.2) is 0 Å². The first-order chi connectivity index (χ1) is 8.93. The van der Waals surface area contributed by atoms with Gasteiger partial charge < -0.3 is 15.7 Å². The van der Waals surface area contributed by atoms with E-state index < -0.39 is 5.54 Å². The van der Waals surface area contributed by atoms with Gasteiger partial charge in [-0.25, -0.2) is 0 Å². The van der Waals surface area contributed by atoms with Crippen LogP contribution in [0.4, 0.5) is 0 Å². The summed E-state index contributed by atoms with van der Waals surface area (Å²) in [6, 6.07) is 0. The SMILES string of the molecule is CC(C)(CO)NC(=O)CNC(=O)CCC1CCCC1. The van der Waals surface area contributed by atoms with Gasteiger partial charge in [-0.05, 0) is 26.2 Å². The number of rotatable bonds is 7. The Bertz CT molecular complexity index is 310. The summed E-state index contributed by atoms with van der Waals surface area (Å²) in [5.74, 6) is 0.352. The second-order valence-corrected chi connectivity index (χ2v) is 6.06. The number of aliphatic hydroxyl groups excluding tert-OH is 1. The highest BCUT2D eigenvalue weighted by Gasteiger charge is 2.19. The molecule has 0 bridgehead atoms. The van der Waals surface area contributed by atoms with Gasteiger partial charge in [-0.2, -0.15) is 0 Å². The molecule has 1 fully saturated rings. The molecule has 0 saturated heterocycles. The van der Waals surface area contributed by atoms with Crippen molar-refractivity contribution in [2.75, 3.05) is 13.2 Å². The zero-order chi connectivity index (χ0) is 14.3. The number of nitrogens with one attached hydrogen (secondary N) is 2. The van der Waals surface area contributed by atoms with E-state index in [0.717, 1.165) is 6.42 Å². The molecular formula is C14H26N2O3. The van der Waals surface area contributed by atoms with Gasteiger partial charge in [-0.1, -0.05) is 25.7 Å². The van der Waals surface area contributed by atoms with Gasteiger partial charge in [0.15, 0.2) is 0 Å². The summed E-state index contributed by atoms with van der Waals surface area (Å²) in [5.41, 5.74) is -0.647. The molecule has 0 aromatic heterocycles. The molecule has 0 atom stereocenters. The predicted molar refractivity (Wildman–Crippen MR) is 73.5 cm³/mol. The lowest BCUT2D eigenvalue weighted by atomic mass is 10.0. The fourth-order valence-electron chi connectivity index (χ4n) is 2.36. The van der Waals surface area contributed by atoms with E-state index in [4.69, 9.17) is 5.11 Å². The van der Waals surface area contributed by atoms with Gasteiger partial charge in [0, 0.05) is 6.42 Å². The van der Waals surface area contributed by atoms with Crippen molar-refractivity contribution in [2.45, 2.75) is 57.9 Å². The van der Waals surface area contributed by atoms with Crippen molar-refractivity contribution in [3.05, 3.63) is 0 Å². The molecule has 1 aliphatic rings. The lowest BCUT2D eigenvalue weighted by Gasteiger charge is -2.23. The molecule has 1 saturated carbocycles. The Hall–Kier alpha value is -1.10. The molecule has 110 valence electrons. The van der Waals surface area contributed by atoms with Crippen LogP contribution in [0, 0.1) is 5.92 Å². The fourth-order valence-corrected chi connectivity index (χ4v) is 2.36. The highest BCUT2D eigenvalue weighted by molar-refractivity contribution is 5.84. The smallest absolute Gasteiger partial charge is 0.239 e. The van der Waals surface area contributed by atoms with Crippen molar-refractivity contribution in [3.8, 4) is 0 Å². The molecule has 0 aromatic rings. The van der Waals surface area contributed by atoms with Crippen molar-refractivity contribution >= 4 is 11.8 Å². The van der Waals surface area contributed by atoms with Crippen LogP contribution in [0.3, 0.4) is 0 Å². The maximum absolute atomic E-state index is 11.6. The monoisotopic (exact) mass is 270 g/mol. The molecule has 5 nitrogen and oxygen atoms in total. The van der Waals surface area contributed by atoms with Gasteiger partial charge in [0.25, 0.3) is 0 Å². The van der Waals surface area contributed by atoms with Crippen molar-refractivity contribution in [1.29, 1.82) is 0 Å². The van der Waals surface area contributed by atoms with Crippen LogP contribution in [-0.4, -0.2) is 35.6 Å². The number of amides is 2. The minimum atomic E-state index is -0.647. The molecular weight excluding hydrogens is 244 g/mol. The Morgan fingerprint density at radius 3 is 2.42 bits per heavy atom. The molecule has 2 amide bonds. The largest absolute Gasteiger partial charge is 0.394 e. The van der Waals surface area contributed by atoms with Gasteiger partial charge in [0.2, 0.25) is 11.8 Å². The Morgan fingerprint density at radius 2 is 1.84 bits per heavy atom. The van der Waals surface area contributed by atoms with Crippen LogP contribution in [0.25, 0.3) is 0 Å². The van der Waals surface area contributed by atoms with Crippen molar-refractivity contribution in [2.24, 2.45) is 5.92 Å². The van der Waals surface area contributed by atoms with Gasteiger partial charge in [0.1, 0.15) is 0 Å². The third-order valence-corrected chi connectivity index (χ3v) is 3.57. The summed E-state index contributed by atoms with van der Waals surface area (Å²) < 4.78 is 0. The third-order valence-electron chi connectivity index (χ3n) is 3.57. The first kappa shape index (κ1) is 16.0. The maximum atomic E-state index is 11.6. The minimum absolute atomic E-state index is 0.0209. The van der Waals surface area contributed by atoms with Gasteiger partial charge in [-0.3, -0.25) is 9.59 Å². The second kappa shape index (κ2) is 7.48. The Kier molecular flexibility index (Phi) is 6.28. The molecule has 19 heavy (non-hydrogen) atoms. The summed E-state index contributed by atoms with van der Waals surface area (Å²) in [5, 5.41) is 14.3. The number of carbonyl (C=O) groups is 2. The van der Waals surface area contributed by atoms with Crippen LogP contribution < -0.4 is 10.6 Å². The highest BCUT2D eigenvalue weighted by atomic mass is 16.3.